The zero-order valence-electron chi connectivity index (χ0n) is 12.4. The van der Waals surface area contributed by atoms with Gasteiger partial charge in [-0.25, -0.2) is 4.98 Å². The number of aromatic nitrogens is 1. The first-order valence-electron chi connectivity index (χ1n) is 7.71. The Hall–Kier alpha value is -2.42. The molecular formula is C19H19NO2. The van der Waals surface area contributed by atoms with Crippen LogP contribution in [0.5, 0.6) is 0 Å². The van der Waals surface area contributed by atoms with Crippen LogP contribution >= 0.6 is 0 Å². The summed E-state index contributed by atoms with van der Waals surface area (Å²) in [7, 11) is 0. The van der Waals surface area contributed by atoms with E-state index in [0.29, 0.717) is 0 Å². The second-order valence-electron chi connectivity index (χ2n) is 5.69. The number of hydrogen-bond donors (Lipinski definition) is 1. The lowest BCUT2D eigenvalue weighted by molar-refractivity contribution is -0.141. The quantitative estimate of drug-likeness (QED) is 0.664. The van der Waals surface area contributed by atoms with E-state index in [-0.39, 0.29) is 5.92 Å². The van der Waals surface area contributed by atoms with Crippen LogP contribution in [0.3, 0.4) is 0 Å². The Morgan fingerprint density at radius 1 is 0.909 bits per heavy atom. The third-order valence-electron chi connectivity index (χ3n) is 4.13. The minimum Gasteiger partial charge on any atom is -0.481 e. The van der Waals surface area contributed by atoms with Gasteiger partial charge in [-0.1, -0.05) is 49.2 Å². The molecule has 0 unspecified atom stereocenters. The molecule has 1 aromatic heterocycles. The molecule has 0 atom stereocenters. The summed E-state index contributed by atoms with van der Waals surface area (Å²) in [5.41, 5.74) is 2.12. The zero-order valence-corrected chi connectivity index (χ0v) is 12.4. The Morgan fingerprint density at radius 2 is 1.41 bits per heavy atom. The lowest BCUT2D eigenvalue weighted by Crippen LogP contribution is -2.07. The molecule has 0 aliphatic heterocycles. The number of carboxylic acids is 1. The minimum absolute atomic E-state index is 0.0185. The average molecular weight is 293 g/mol. The van der Waals surface area contributed by atoms with E-state index in [1.165, 1.54) is 10.8 Å². The molecule has 4 rings (SSSR count). The van der Waals surface area contributed by atoms with Crippen molar-refractivity contribution in [1.29, 1.82) is 0 Å². The topological polar surface area (TPSA) is 50.2 Å². The Balaban J connectivity index is 0.000000154. The first-order chi connectivity index (χ1) is 10.7. The molecule has 3 nitrogen and oxygen atoms in total. The number of pyridine rings is 1. The van der Waals surface area contributed by atoms with Gasteiger partial charge in [-0.2, -0.15) is 0 Å². The normalized spacial score (nSPS) is 14.7. The van der Waals surface area contributed by atoms with Crippen molar-refractivity contribution in [1.82, 2.24) is 4.98 Å². The van der Waals surface area contributed by atoms with Gasteiger partial charge in [-0.05, 0) is 31.0 Å². The number of para-hydroxylation sites is 2. The summed E-state index contributed by atoms with van der Waals surface area (Å²) >= 11 is 0. The van der Waals surface area contributed by atoms with Gasteiger partial charge >= 0.3 is 5.97 Å². The van der Waals surface area contributed by atoms with E-state index in [1.54, 1.807) is 0 Å². The fourth-order valence-electron chi connectivity index (χ4n) is 2.89. The van der Waals surface area contributed by atoms with Crippen molar-refractivity contribution >= 4 is 27.8 Å². The van der Waals surface area contributed by atoms with Crippen LogP contribution in [-0.2, 0) is 4.79 Å². The summed E-state index contributed by atoms with van der Waals surface area (Å²) in [4.78, 5) is 14.8. The minimum atomic E-state index is -0.609. The van der Waals surface area contributed by atoms with Gasteiger partial charge in [0, 0.05) is 10.8 Å². The van der Waals surface area contributed by atoms with Crippen LogP contribution in [0.15, 0.2) is 54.6 Å². The molecule has 0 amide bonds. The van der Waals surface area contributed by atoms with E-state index < -0.39 is 5.97 Å². The molecule has 3 aromatic rings. The number of carbonyl (C=O) groups is 1. The molecule has 1 N–H and O–H groups in total. The number of benzene rings is 2. The molecule has 112 valence electrons. The molecule has 0 bridgehead atoms. The van der Waals surface area contributed by atoms with E-state index in [2.05, 4.69) is 23.2 Å². The van der Waals surface area contributed by atoms with Crippen LogP contribution in [0.1, 0.15) is 25.7 Å². The number of hydrogen-bond acceptors (Lipinski definition) is 2. The lowest BCUT2D eigenvalue weighted by atomic mass is 10.1. The smallest absolute Gasteiger partial charge is 0.306 e. The largest absolute Gasteiger partial charge is 0.481 e. The summed E-state index contributed by atoms with van der Waals surface area (Å²) in [5.74, 6) is -0.627. The first-order valence-corrected chi connectivity index (χ1v) is 7.71. The predicted octanol–water partition coefficient (Wildman–Crippen LogP) is 4.65. The molecule has 22 heavy (non-hydrogen) atoms. The van der Waals surface area contributed by atoms with Crippen LogP contribution < -0.4 is 0 Å². The first kappa shape index (κ1) is 14.5. The second-order valence-corrected chi connectivity index (χ2v) is 5.69. The SMILES string of the molecule is O=C(O)C1CCCC1.c1ccc2nc3ccccc3cc2c1. The van der Waals surface area contributed by atoms with Gasteiger partial charge in [0.25, 0.3) is 0 Å². The second kappa shape index (κ2) is 6.56. The van der Waals surface area contributed by atoms with Crippen molar-refractivity contribution in [3.05, 3.63) is 54.6 Å². The monoisotopic (exact) mass is 293 g/mol. The highest BCUT2D eigenvalue weighted by Crippen LogP contribution is 2.24. The fourth-order valence-corrected chi connectivity index (χ4v) is 2.89. The molecule has 1 saturated carbocycles. The highest BCUT2D eigenvalue weighted by Gasteiger charge is 2.21. The van der Waals surface area contributed by atoms with Gasteiger partial charge in [-0.3, -0.25) is 4.79 Å². The van der Waals surface area contributed by atoms with Gasteiger partial charge in [-0.15, -0.1) is 0 Å². The third-order valence-corrected chi connectivity index (χ3v) is 4.13. The number of carboxylic acid groups (broad SMARTS) is 1. The van der Waals surface area contributed by atoms with Crippen molar-refractivity contribution in [2.75, 3.05) is 0 Å². The van der Waals surface area contributed by atoms with E-state index in [1.807, 2.05) is 36.4 Å². The molecule has 1 aliphatic rings. The maximum Gasteiger partial charge on any atom is 0.306 e. The Morgan fingerprint density at radius 3 is 1.86 bits per heavy atom. The Bertz CT molecular complexity index is 686. The van der Waals surface area contributed by atoms with Gasteiger partial charge in [0.2, 0.25) is 0 Å². The predicted molar refractivity (Wildman–Crippen MR) is 88.8 cm³/mol. The molecule has 1 heterocycles. The van der Waals surface area contributed by atoms with E-state index in [9.17, 15) is 4.79 Å². The van der Waals surface area contributed by atoms with Gasteiger partial charge in [0.15, 0.2) is 0 Å². The summed E-state index contributed by atoms with van der Waals surface area (Å²) in [6.07, 6.45) is 4.01. The van der Waals surface area contributed by atoms with Crippen LogP contribution in [0.25, 0.3) is 21.8 Å². The number of fused-ring (bicyclic) bond motifs is 2. The molecule has 1 fully saturated rings. The maximum atomic E-state index is 10.2. The third kappa shape index (κ3) is 3.25. The molecule has 2 aromatic carbocycles. The standard InChI is InChI=1S/C13H9N.C6H10O2/c1-3-7-12-10(5-1)9-11-6-2-4-8-13(11)14-12;7-6(8)5-3-1-2-4-5/h1-9H;5H,1-4H2,(H,7,8). The summed E-state index contributed by atoms with van der Waals surface area (Å²) in [6.45, 7) is 0. The summed E-state index contributed by atoms with van der Waals surface area (Å²) in [6, 6.07) is 18.6. The molecule has 0 radical (unpaired) electrons. The highest BCUT2D eigenvalue weighted by molar-refractivity contribution is 5.92. The van der Waals surface area contributed by atoms with Crippen LogP contribution in [0.4, 0.5) is 0 Å². The fraction of sp³-hybridized carbons (Fsp3) is 0.263. The number of nitrogens with zero attached hydrogens (tertiary/aromatic N) is 1. The summed E-state index contributed by atoms with van der Waals surface area (Å²) < 4.78 is 0. The molecule has 0 spiro atoms. The van der Waals surface area contributed by atoms with Gasteiger partial charge in [0.05, 0.1) is 17.0 Å². The molecule has 1 aliphatic carbocycles. The Labute approximate surface area is 129 Å². The van der Waals surface area contributed by atoms with Gasteiger partial charge < -0.3 is 5.11 Å². The van der Waals surface area contributed by atoms with Crippen LogP contribution in [0.2, 0.25) is 0 Å². The maximum absolute atomic E-state index is 10.2. The summed E-state index contributed by atoms with van der Waals surface area (Å²) in [5, 5.41) is 10.8. The van der Waals surface area contributed by atoms with E-state index in [4.69, 9.17) is 5.11 Å². The van der Waals surface area contributed by atoms with E-state index in [0.717, 1.165) is 36.7 Å². The van der Waals surface area contributed by atoms with Crippen molar-refractivity contribution in [3.63, 3.8) is 0 Å². The van der Waals surface area contributed by atoms with Crippen LogP contribution in [0, 0.1) is 5.92 Å². The van der Waals surface area contributed by atoms with Crippen molar-refractivity contribution < 1.29 is 9.90 Å². The van der Waals surface area contributed by atoms with Gasteiger partial charge in [0.1, 0.15) is 0 Å². The molecule has 0 saturated heterocycles. The number of aliphatic carboxylic acids is 1. The molecule has 3 heteroatoms. The average Bonchev–Trinajstić information content (AvgIpc) is 3.08. The zero-order chi connectivity index (χ0) is 15.4. The van der Waals surface area contributed by atoms with Crippen molar-refractivity contribution in [2.24, 2.45) is 5.92 Å². The van der Waals surface area contributed by atoms with Crippen LogP contribution in [-0.4, -0.2) is 16.1 Å². The Kier molecular flexibility index (Phi) is 4.33. The van der Waals surface area contributed by atoms with Crippen molar-refractivity contribution in [3.8, 4) is 0 Å². The highest BCUT2D eigenvalue weighted by atomic mass is 16.4. The van der Waals surface area contributed by atoms with Crippen molar-refractivity contribution in [2.45, 2.75) is 25.7 Å². The van der Waals surface area contributed by atoms with E-state index >= 15 is 0 Å². The molecular weight excluding hydrogens is 274 g/mol. The number of rotatable bonds is 1. The lowest BCUT2D eigenvalue weighted by Gasteiger charge is -1.99.